The Kier molecular flexibility index (Phi) is 4.09. The van der Waals surface area contributed by atoms with Crippen molar-refractivity contribution in [3.8, 4) is 0 Å². The molecule has 0 spiro atoms. The lowest BCUT2D eigenvalue weighted by atomic mass is 10.2. The van der Waals surface area contributed by atoms with Gasteiger partial charge in [-0.15, -0.1) is 0 Å². The molecule has 0 radical (unpaired) electrons. The number of carboxylic acids is 1. The van der Waals surface area contributed by atoms with Crippen molar-refractivity contribution in [1.82, 2.24) is 5.32 Å². The van der Waals surface area contributed by atoms with Crippen molar-refractivity contribution in [2.45, 2.75) is 19.9 Å². The third kappa shape index (κ3) is 3.48. The Bertz CT molecular complexity index is 412. The first-order valence-electron chi connectivity index (χ1n) is 5.29. The number of benzene rings is 1. The summed E-state index contributed by atoms with van der Waals surface area (Å²) in [5, 5.41) is 11.5. The molecule has 1 aromatic rings. The molecule has 0 bridgehead atoms. The summed E-state index contributed by atoms with van der Waals surface area (Å²) in [6.07, 6.45) is 0. The number of urea groups is 1. The van der Waals surface area contributed by atoms with Crippen molar-refractivity contribution in [2.75, 3.05) is 11.9 Å². The largest absolute Gasteiger partial charge is 0.478 e. The molecule has 0 atom stereocenters. The summed E-state index contributed by atoms with van der Waals surface area (Å²) in [5.41, 5.74) is 0.847. The van der Waals surface area contributed by atoms with Crippen LogP contribution in [0, 0.1) is 0 Å². The summed E-state index contributed by atoms with van der Waals surface area (Å²) in [5.74, 6) is -0.981. The smallest absolute Gasteiger partial charge is 0.335 e. The zero-order valence-electron chi connectivity index (χ0n) is 10.1. The third-order valence-corrected chi connectivity index (χ3v) is 2.22. The first-order valence-corrected chi connectivity index (χ1v) is 5.29. The quantitative estimate of drug-likeness (QED) is 0.842. The molecule has 0 saturated carbocycles. The second-order valence-corrected chi connectivity index (χ2v) is 4.02. The predicted molar refractivity (Wildman–Crippen MR) is 65.5 cm³/mol. The first-order chi connectivity index (χ1) is 7.91. The number of nitrogens with one attached hydrogen (secondary N) is 1. The molecule has 0 aliphatic rings. The van der Waals surface area contributed by atoms with Crippen molar-refractivity contribution in [2.24, 2.45) is 0 Å². The van der Waals surface area contributed by atoms with Crippen molar-refractivity contribution in [3.05, 3.63) is 29.8 Å². The van der Waals surface area contributed by atoms with Gasteiger partial charge in [-0.25, -0.2) is 9.59 Å². The average Bonchev–Trinajstić information content (AvgIpc) is 2.27. The van der Waals surface area contributed by atoms with Gasteiger partial charge in [0, 0.05) is 18.8 Å². The molecule has 1 aromatic carbocycles. The van der Waals surface area contributed by atoms with E-state index < -0.39 is 5.97 Å². The van der Waals surface area contributed by atoms with E-state index >= 15 is 0 Å². The number of carbonyl (C=O) groups is 2. The summed E-state index contributed by atoms with van der Waals surface area (Å²) < 4.78 is 0. The molecule has 92 valence electrons. The van der Waals surface area contributed by atoms with E-state index in [-0.39, 0.29) is 17.6 Å². The van der Waals surface area contributed by atoms with Crippen LogP contribution in [0.2, 0.25) is 0 Å². The van der Waals surface area contributed by atoms with Crippen molar-refractivity contribution < 1.29 is 14.7 Å². The van der Waals surface area contributed by atoms with E-state index in [0.29, 0.717) is 5.69 Å². The van der Waals surface area contributed by atoms with E-state index in [1.807, 2.05) is 13.8 Å². The number of anilines is 1. The Labute approximate surface area is 100 Å². The van der Waals surface area contributed by atoms with Crippen molar-refractivity contribution in [3.63, 3.8) is 0 Å². The van der Waals surface area contributed by atoms with Crippen LogP contribution in [0.15, 0.2) is 24.3 Å². The second-order valence-electron chi connectivity index (χ2n) is 4.02. The molecular weight excluding hydrogens is 220 g/mol. The zero-order valence-corrected chi connectivity index (χ0v) is 10.1. The normalized spacial score (nSPS) is 10.1. The highest BCUT2D eigenvalue weighted by atomic mass is 16.4. The fourth-order valence-corrected chi connectivity index (χ4v) is 1.29. The van der Waals surface area contributed by atoms with Crippen LogP contribution in [0.4, 0.5) is 10.5 Å². The van der Waals surface area contributed by atoms with E-state index in [1.54, 1.807) is 19.2 Å². The summed E-state index contributed by atoms with van der Waals surface area (Å²) in [4.78, 5) is 23.8. The third-order valence-electron chi connectivity index (χ3n) is 2.22. The van der Waals surface area contributed by atoms with Gasteiger partial charge in [0.2, 0.25) is 0 Å². The maximum atomic E-state index is 11.7. The van der Waals surface area contributed by atoms with Crippen LogP contribution < -0.4 is 10.2 Å². The molecule has 0 saturated heterocycles. The second kappa shape index (κ2) is 5.34. The van der Waals surface area contributed by atoms with Crippen LogP contribution in [-0.4, -0.2) is 30.2 Å². The standard InChI is InChI=1S/C12H16N2O3/c1-8(2)13-12(17)14(3)10-6-4-9(5-7-10)11(15)16/h4-8H,1-3H3,(H,13,17)(H,15,16). The average molecular weight is 236 g/mol. The Balaban J connectivity index is 2.79. The molecule has 0 aromatic heterocycles. The van der Waals surface area contributed by atoms with Gasteiger partial charge < -0.3 is 10.4 Å². The van der Waals surface area contributed by atoms with E-state index in [9.17, 15) is 9.59 Å². The Morgan fingerprint density at radius 3 is 2.18 bits per heavy atom. The Morgan fingerprint density at radius 1 is 1.24 bits per heavy atom. The van der Waals surface area contributed by atoms with Gasteiger partial charge in [0.1, 0.15) is 0 Å². The van der Waals surface area contributed by atoms with Crippen LogP contribution in [-0.2, 0) is 0 Å². The van der Waals surface area contributed by atoms with Crippen LogP contribution in [0.3, 0.4) is 0 Å². The van der Waals surface area contributed by atoms with Crippen LogP contribution in [0.1, 0.15) is 24.2 Å². The topological polar surface area (TPSA) is 69.6 Å². The number of nitrogens with zero attached hydrogens (tertiary/aromatic N) is 1. The van der Waals surface area contributed by atoms with E-state index in [1.165, 1.54) is 17.0 Å². The first kappa shape index (κ1) is 13.0. The number of hydrogen-bond acceptors (Lipinski definition) is 2. The molecule has 0 aliphatic carbocycles. The SMILES string of the molecule is CC(C)NC(=O)N(C)c1ccc(C(=O)O)cc1. The number of carbonyl (C=O) groups excluding carboxylic acids is 1. The van der Waals surface area contributed by atoms with E-state index in [2.05, 4.69) is 5.32 Å². The molecule has 0 aliphatic heterocycles. The molecule has 0 fully saturated rings. The minimum Gasteiger partial charge on any atom is -0.478 e. The highest BCUT2D eigenvalue weighted by molar-refractivity contribution is 5.93. The van der Waals surface area contributed by atoms with E-state index in [4.69, 9.17) is 5.11 Å². The van der Waals surface area contributed by atoms with Gasteiger partial charge in [0.05, 0.1) is 5.56 Å². The van der Waals surface area contributed by atoms with Gasteiger partial charge in [0.25, 0.3) is 0 Å². The van der Waals surface area contributed by atoms with Crippen molar-refractivity contribution >= 4 is 17.7 Å². The van der Waals surface area contributed by atoms with Gasteiger partial charge >= 0.3 is 12.0 Å². The zero-order chi connectivity index (χ0) is 13.0. The van der Waals surface area contributed by atoms with E-state index in [0.717, 1.165) is 0 Å². The minimum atomic E-state index is -0.981. The summed E-state index contributed by atoms with van der Waals surface area (Å²) in [6, 6.07) is 5.98. The molecule has 17 heavy (non-hydrogen) atoms. The molecule has 2 N–H and O–H groups in total. The van der Waals surface area contributed by atoms with Gasteiger partial charge in [-0.1, -0.05) is 0 Å². The fraction of sp³-hybridized carbons (Fsp3) is 0.333. The summed E-state index contributed by atoms with van der Waals surface area (Å²) >= 11 is 0. The minimum absolute atomic E-state index is 0.0586. The Hall–Kier alpha value is -2.04. The highest BCUT2D eigenvalue weighted by Crippen LogP contribution is 2.14. The number of rotatable bonds is 3. The van der Waals surface area contributed by atoms with Gasteiger partial charge in [-0.3, -0.25) is 4.90 Å². The van der Waals surface area contributed by atoms with Crippen LogP contribution in [0.25, 0.3) is 0 Å². The van der Waals surface area contributed by atoms with Gasteiger partial charge in [-0.05, 0) is 38.1 Å². The molecule has 2 amide bonds. The lowest BCUT2D eigenvalue weighted by Gasteiger charge is -2.19. The van der Waals surface area contributed by atoms with Crippen LogP contribution >= 0.6 is 0 Å². The number of carboxylic acid groups (broad SMARTS) is 1. The fourth-order valence-electron chi connectivity index (χ4n) is 1.29. The lowest BCUT2D eigenvalue weighted by Crippen LogP contribution is -2.40. The Morgan fingerprint density at radius 2 is 1.76 bits per heavy atom. The number of hydrogen-bond donors (Lipinski definition) is 2. The van der Waals surface area contributed by atoms with Crippen molar-refractivity contribution in [1.29, 1.82) is 0 Å². The number of aromatic carboxylic acids is 1. The molecule has 0 heterocycles. The monoisotopic (exact) mass is 236 g/mol. The maximum absolute atomic E-state index is 11.7. The highest BCUT2D eigenvalue weighted by Gasteiger charge is 2.12. The lowest BCUT2D eigenvalue weighted by molar-refractivity contribution is 0.0697. The molecule has 0 unspecified atom stereocenters. The predicted octanol–water partition coefficient (Wildman–Crippen LogP) is 1.94. The van der Waals surface area contributed by atoms with Crippen LogP contribution in [0.5, 0.6) is 0 Å². The molecule has 5 heteroatoms. The summed E-state index contributed by atoms with van der Waals surface area (Å²) in [7, 11) is 1.63. The molecular formula is C12H16N2O3. The number of amides is 2. The molecule has 5 nitrogen and oxygen atoms in total. The van der Waals surface area contributed by atoms with Gasteiger partial charge in [-0.2, -0.15) is 0 Å². The maximum Gasteiger partial charge on any atom is 0.335 e. The summed E-state index contributed by atoms with van der Waals surface area (Å²) in [6.45, 7) is 3.75. The molecule has 1 rings (SSSR count). The van der Waals surface area contributed by atoms with Gasteiger partial charge in [0.15, 0.2) is 0 Å².